The summed E-state index contributed by atoms with van der Waals surface area (Å²) >= 11 is 4.10. The van der Waals surface area contributed by atoms with Crippen LogP contribution in [0, 0.1) is 12.8 Å². The SMILES string of the molecule is CC[Si](CC)(CC)O[C@H](C(C)=Cc1csc(C)n1)[C@@H](C)C=C(C)I. The standard InChI is InChI=1S/C19H32INOSSi/c1-8-24(9-2,10-3)22-19(14(4)11-16(6)20)15(5)12-18-13-23-17(7)21-18/h11-14,19H,8-10H2,1-7H3/t14-,19-/m0/s1. The maximum Gasteiger partial charge on any atom is 0.192 e. The number of halogens is 1. The van der Waals surface area contributed by atoms with Gasteiger partial charge in [0.1, 0.15) is 0 Å². The zero-order valence-corrected chi connectivity index (χ0v) is 20.1. The third-order valence-electron chi connectivity index (χ3n) is 4.74. The molecule has 0 aliphatic heterocycles. The maximum atomic E-state index is 6.89. The van der Waals surface area contributed by atoms with Gasteiger partial charge in [0.25, 0.3) is 0 Å². The monoisotopic (exact) mass is 477 g/mol. The highest BCUT2D eigenvalue weighted by molar-refractivity contribution is 14.1. The average Bonchev–Trinajstić information content (AvgIpc) is 2.93. The van der Waals surface area contributed by atoms with Crippen molar-refractivity contribution in [2.75, 3.05) is 0 Å². The van der Waals surface area contributed by atoms with E-state index in [0.29, 0.717) is 5.92 Å². The molecule has 0 spiro atoms. The van der Waals surface area contributed by atoms with Crippen molar-refractivity contribution >= 4 is 48.3 Å². The molecule has 1 aromatic heterocycles. The van der Waals surface area contributed by atoms with Crippen LogP contribution in [-0.2, 0) is 4.43 Å². The van der Waals surface area contributed by atoms with E-state index in [4.69, 9.17) is 4.43 Å². The zero-order valence-electron chi connectivity index (χ0n) is 16.1. The molecule has 136 valence electrons. The lowest BCUT2D eigenvalue weighted by molar-refractivity contribution is 0.185. The van der Waals surface area contributed by atoms with E-state index in [-0.39, 0.29) is 6.10 Å². The second-order valence-electron chi connectivity index (χ2n) is 6.57. The molecule has 0 aliphatic carbocycles. The van der Waals surface area contributed by atoms with Crippen LogP contribution < -0.4 is 0 Å². The Morgan fingerprint density at radius 3 is 2.29 bits per heavy atom. The highest BCUT2D eigenvalue weighted by Gasteiger charge is 2.34. The molecular formula is C19H32INOSSi. The molecule has 0 N–H and O–H groups in total. The van der Waals surface area contributed by atoms with E-state index < -0.39 is 8.32 Å². The van der Waals surface area contributed by atoms with Crippen LogP contribution >= 0.6 is 33.9 Å². The fourth-order valence-electron chi connectivity index (χ4n) is 3.10. The van der Waals surface area contributed by atoms with Crippen LogP contribution in [0.1, 0.15) is 52.2 Å². The van der Waals surface area contributed by atoms with Gasteiger partial charge in [-0.1, -0.05) is 33.8 Å². The van der Waals surface area contributed by atoms with Crippen LogP contribution in [0.4, 0.5) is 0 Å². The van der Waals surface area contributed by atoms with E-state index in [1.165, 1.54) is 27.3 Å². The van der Waals surface area contributed by atoms with E-state index in [1.54, 1.807) is 11.3 Å². The van der Waals surface area contributed by atoms with Gasteiger partial charge >= 0.3 is 0 Å². The Balaban J connectivity index is 3.17. The molecule has 0 unspecified atom stereocenters. The highest BCUT2D eigenvalue weighted by atomic mass is 127. The summed E-state index contributed by atoms with van der Waals surface area (Å²) in [6, 6.07) is 3.54. The lowest BCUT2D eigenvalue weighted by Crippen LogP contribution is -2.42. The second-order valence-corrected chi connectivity index (χ2v) is 14.1. The van der Waals surface area contributed by atoms with Crippen molar-refractivity contribution in [3.8, 4) is 0 Å². The third-order valence-corrected chi connectivity index (χ3v) is 10.5. The average molecular weight is 478 g/mol. The van der Waals surface area contributed by atoms with Gasteiger partial charge in [0.2, 0.25) is 0 Å². The summed E-state index contributed by atoms with van der Waals surface area (Å²) in [4.78, 5) is 4.59. The van der Waals surface area contributed by atoms with Gasteiger partial charge in [0, 0.05) is 11.3 Å². The van der Waals surface area contributed by atoms with Crippen molar-refractivity contribution < 1.29 is 4.43 Å². The molecule has 0 fully saturated rings. The van der Waals surface area contributed by atoms with E-state index >= 15 is 0 Å². The fourth-order valence-corrected chi connectivity index (χ4v) is 7.17. The van der Waals surface area contributed by atoms with Gasteiger partial charge in [-0.25, -0.2) is 4.98 Å². The highest BCUT2D eigenvalue weighted by Crippen LogP contribution is 2.31. The van der Waals surface area contributed by atoms with Gasteiger partial charge in [0.05, 0.1) is 16.8 Å². The van der Waals surface area contributed by atoms with Crippen molar-refractivity contribution in [1.29, 1.82) is 0 Å². The molecule has 0 aromatic carbocycles. The van der Waals surface area contributed by atoms with Crippen molar-refractivity contribution in [3.63, 3.8) is 0 Å². The van der Waals surface area contributed by atoms with E-state index in [1.807, 2.05) is 0 Å². The molecule has 0 radical (unpaired) electrons. The van der Waals surface area contributed by atoms with Gasteiger partial charge in [-0.05, 0) is 76.7 Å². The largest absolute Gasteiger partial charge is 0.410 e. The summed E-state index contributed by atoms with van der Waals surface area (Å²) in [5.41, 5.74) is 2.34. The predicted octanol–water partition coefficient (Wildman–Crippen LogP) is 7.22. The topological polar surface area (TPSA) is 22.1 Å². The minimum atomic E-state index is -1.66. The third kappa shape index (κ3) is 6.39. The van der Waals surface area contributed by atoms with Gasteiger partial charge in [0.15, 0.2) is 8.32 Å². The van der Waals surface area contributed by atoms with Gasteiger partial charge in [-0.15, -0.1) is 11.3 Å². The smallest absolute Gasteiger partial charge is 0.192 e. The summed E-state index contributed by atoms with van der Waals surface area (Å²) in [6.07, 6.45) is 4.68. The number of thiazole rings is 1. The number of rotatable bonds is 9. The number of aromatic nitrogens is 1. The molecule has 2 atom stereocenters. The molecule has 0 bridgehead atoms. The first-order valence-corrected chi connectivity index (χ1v) is 13.4. The summed E-state index contributed by atoms with van der Waals surface area (Å²) in [5, 5.41) is 3.24. The maximum absolute atomic E-state index is 6.89. The molecular weight excluding hydrogens is 445 g/mol. The Morgan fingerprint density at radius 1 is 1.29 bits per heavy atom. The van der Waals surface area contributed by atoms with Crippen molar-refractivity contribution in [2.24, 2.45) is 5.92 Å². The lowest BCUT2D eigenvalue weighted by Gasteiger charge is -2.36. The first kappa shape index (κ1) is 22.1. The summed E-state index contributed by atoms with van der Waals surface area (Å²) in [7, 11) is -1.66. The molecule has 1 heterocycles. The molecule has 0 saturated carbocycles. The molecule has 1 rings (SSSR count). The van der Waals surface area contributed by atoms with Gasteiger partial charge in [-0.3, -0.25) is 0 Å². The first-order valence-electron chi connectivity index (χ1n) is 8.89. The Labute approximate surface area is 167 Å². The van der Waals surface area contributed by atoms with Crippen LogP contribution in [0.5, 0.6) is 0 Å². The lowest BCUT2D eigenvalue weighted by atomic mass is 9.97. The number of aryl methyl sites for hydroxylation is 1. The molecule has 0 amide bonds. The fraction of sp³-hybridized carbons (Fsp3) is 0.632. The van der Waals surface area contributed by atoms with Crippen LogP contribution in [0.3, 0.4) is 0 Å². The molecule has 5 heteroatoms. The van der Waals surface area contributed by atoms with Crippen molar-refractivity contribution in [3.05, 3.63) is 31.3 Å². The quantitative estimate of drug-likeness (QED) is 0.277. The van der Waals surface area contributed by atoms with E-state index in [0.717, 1.165) is 10.7 Å². The number of hydrogen-bond acceptors (Lipinski definition) is 3. The second kappa shape index (κ2) is 10.2. The van der Waals surface area contributed by atoms with E-state index in [2.05, 4.69) is 93.6 Å². The number of hydrogen-bond donors (Lipinski definition) is 0. The normalized spacial score (nSPS) is 16.3. The first-order chi connectivity index (χ1) is 11.3. The summed E-state index contributed by atoms with van der Waals surface area (Å²) in [5.74, 6) is 0.370. The van der Waals surface area contributed by atoms with Crippen LogP contribution in [-0.4, -0.2) is 19.4 Å². The van der Waals surface area contributed by atoms with Gasteiger partial charge < -0.3 is 4.43 Å². The molecule has 2 nitrogen and oxygen atoms in total. The Morgan fingerprint density at radius 2 is 1.88 bits per heavy atom. The molecule has 0 aliphatic rings. The van der Waals surface area contributed by atoms with Crippen LogP contribution in [0.15, 0.2) is 20.6 Å². The summed E-state index contributed by atoms with van der Waals surface area (Å²) in [6.45, 7) is 15.6. The van der Waals surface area contributed by atoms with Crippen LogP contribution in [0.2, 0.25) is 18.1 Å². The van der Waals surface area contributed by atoms with Crippen molar-refractivity contribution in [2.45, 2.75) is 72.7 Å². The van der Waals surface area contributed by atoms with Crippen molar-refractivity contribution in [1.82, 2.24) is 4.98 Å². The predicted molar refractivity (Wildman–Crippen MR) is 120 cm³/mol. The van der Waals surface area contributed by atoms with Crippen LogP contribution in [0.25, 0.3) is 6.08 Å². The Hall–Kier alpha value is 0.0169. The molecule has 0 saturated heterocycles. The Bertz CT molecular complexity index is 565. The molecule has 1 aromatic rings. The summed E-state index contributed by atoms with van der Waals surface area (Å²) < 4.78 is 8.21. The number of nitrogens with zero attached hydrogens (tertiary/aromatic N) is 1. The zero-order chi connectivity index (χ0) is 18.3. The number of allylic oxidation sites excluding steroid dienone is 1. The van der Waals surface area contributed by atoms with Gasteiger partial charge in [-0.2, -0.15) is 0 Å². The molecule has 24 heavy (non-hydrogen) atoms. The minimum Gasteiger partial charge on any atom is -0.410 e. The Kier molecular flexibility index (Phi) is 9.41. The van der Waals surface area contributed by atoms with E-state index in [9.17, 15) is 0 Å². The minimum absolute atomic E-state index is 0.142.